The second kappa shape index (κ2) is 5.22. The first-order chi connectivity index (χ1) is 9.04. The van der Waals surface area contributed by atoms with E-state index in [0.29, 0.717) is 4.47 Å². The van der Waals surface area contributed by atoms with Crippen molar-refractivity contribution < 1.29 is 19.3 Å². The highest BCUT2D eigenvalue weighted by atomic mass is 79.9. The summed E-state index contributed by atoms with van der Waals surface area (Å²) in [6.45, 7) is 1.59. The standard InChI is InChI=1S/C10H9BrN4O4/c1-2-8(16)19-13-10-12-7-5-3-4-6(11)9(7)14(17)15(10)18/h3-5H,2H2,1H3,(H,12,13). The van der Waals surface area contributed by atoms with Gasteiger partial charge in [-0.25, -0.2) is 4.79 Å². The number of anilines is 1. The highest BCUT2D eigenvalue weighted by Crippen LogP contribution is 2.18. The fourth-order valence-corrected chi connectivity index (χ4v) is 1.86. The normalized spacial score (nSPS) is 10.4. The number of hydrogen-bond donors (Lipinski definition) is 1. The van der Waals surface area contributed by atoms with E-state index in [4.69, 9.17) is 0 Å². The van der Waals surface area contributed by atoms with Crippen LogP contribution in [0.15, 0.2) is 22.7 Å². The van der Waals surface area contributed by atoms with Crippen LogP contribution in [0, 0.1) is 10.4 Å². The minimum absolute atomic E-state index is 0.0456. The van der Waals surface area contributed by atoms with Gasteiger partial charge in [0, 0.05) is 11.3 Å². The van der Waals surface area contributed by atoms with Gasteiger partial charge in [-0.2, -0.15) is 0 Å². The molecule has 9 heteroatoms. The van der Waals surface area contributed by atoms with Gasteiger partial charge in [0.2, 0.25) is 5.52 Å². The second-order valence-corrected chi connectivity index (χ2v) is 4.37. The summed E-state index contributed by atoms with van der Waals surface area (Å²) >= 11 is 3.16. The Hall–Kier alpha value is -2.16. The van der Waals surface area contributed by atoms with Crippen molar-refractivity contribution >= 4 is 38.9 Å². The number of halogens is 1. The van der Waals surface area contributed by atoms with E-state index in [-0.39, 0.29) is 27.1 Å². The number of carbonyl (C=O) groups is 1. The maximum atomic E-state index is 11.8. The van der Waals surface area contributed by atoms with E-state index >= 15 is 0 Å². The van der Waals surface area contributed by atoms with Crippen molar-refractivity contribution in [2.24, 2.45) is 0 Å². The van der Waals surface area contributed by atoms with E-state index in [1.165, 1.54) is 0 Å². The topological polar surface area (TPSA) is 105 Å². The number of nitrogens with zero attached hydrogens (tertiary/aromatic N) is 3. The zero-order chi connectivity index (χ0) is 14.0. The van der Waals surface area contributed by atoms with Crippen LogP contribution in [0.4, 0.5) is 5.95 Å². The predicted octanol–water partition coefficient (Wildman–Crippen LogP) is 0.544. The lowest BCUT2D eigenvalue weighted by molar-refractivity contribution is -1.17. The van der Waals surface area contributed by atoms with Crippen molar-refractivity contribution in [2.75, 3.05) is 5.48 Å². The molecule has 0 aliphatic heterocycles. The Morgan fingerprint density at radius 2 is 2.21 bits per heavy atom. The molecule has 2 rings (SSSR count). The molecule has 1 heterocycles. The van der Waals surface area contributed by atoms with Gasteiger partial charge in [0.1, 0.15) is 0 Å². The number of nitrogens with one attached hydrogen (secondary N) is 1. The number of rotatable bonds is 3. The fourth-order valence-electron chi connectivity index (χ4n) is 1.35. The number of aromatic nitrogens is 3. The quantitative estimate of drug-likeness (QED) is 0.501. The largest absolute Gasteiger partial charge is 0.688 e. The zero-order valence-electron chi connectivity index (χ0n) is 9.79. The zero-order valence-corrected chi connectivity index (χ0v) is 11.4. The number of para-hydroxylation sites is 1. The highest BCUT2D eigenvalue weighted by Gasteiger charge is 2.23. The van der Waals surface area contributed by atoms with Crippen LogP contribution in [0.2, 0.25) is 0 Å². The maximum absolute atomic E-state index is 11.8. The lowest BCUT2D eigenvalue weighted by atomic mass is 10.3. The molecule has 0 amide bonds. The molecule has 0 aliphatic rings. The van der Waals surface area contributed by atoms with Crippen molar-refractivity contribution in [1.29, 1.82) is 0 Å². The minimum atomic E-state index is -0.575. The summed E-state index contributed by atoms with van der Waals surface area (Å²) in [5.74, 6) is -0.990. The van der Waals surface area contributed by atoms with Gasteiger partial charge >= 0.3 is 17.4 Å². The fraction of sp³-hybridized carbons (Fsp3) is 0.200. The Balaban J connectivity index is 2.46. The third kappa shape index (κ3) is 2.50. The summed E-state index contributed by atoms with van der Waals surface area (Å²) in [4.78, 5) is 19.5. The SMILES string of the molecule is CCC(=O)ONc1nc2cccc(Br)c2[n+]([O-])[n+]1[O-]. The Labute approximate surface area is 115 Å². The molecular weight excluding hydrogens is 320 g/mol. The monoisotopic (exact) mass is 328 g/mol. The summed E-state index contributed by atoms with van der Waals surface area (Å²) in [7, 11) is 0. The predicted molar refractivity (Wildman–Crippen MR) is 67.4 cm³/mol. The number of hydrogen-bond acceptors (Lipinski definition) is 6. The van der Waals surface area contributed by atoms with Crippen molar-refractivity contribution in [3.63, 3.8) is 0 Å². The van der Waals surface area contributed by atoms with E-state index in [2.05, 4.69) is 31.2 Å². The van der Waals surface area contributed by atoms with Crippen molar-refractivity contribution in [3.05, 3.63) is 33.1 Å². The van der Waals surface area contributed by atoms with Crippen LogP contribution in [0.3, 0.4) is 0 Å². The Kier molecular flexibility index (Phi) is 3.65. The Bertz CT molecular complexity index is 649. The van der Waals surface area contributed by atoms with E-state index in [1.807, 2.05) is 0 Å². The van der Waals surface area contributed by atoms with Crippen LogP contribution in [0.1, 0.15) is 13.3 Å². The van der Waals surface area contributed by atoms with Gasteiger partial charge in [-0.1, -0.05) is 23.5 Å². The van der Waals surface area contributed by atoms with Crippen LogP contribution in [0.5, 0.6) is 0 Å². The van der Waals surface area contributed by atoms with Crippen LogP contribution >= 0.6 is 15.9 Å². The smallest absolute Gasteiger partial charge is 0.485 e. The van der Waals surface area contributed by atoms with E-state index in [9.17, 15) is 15.2 Å². The molecule has 19 heavy (non-hydrogen) atoms. The highest BCUT2D eigenvalue weighted by molar-refractivity contribution is 9.10. The maximum Gasteiger partial charge on any atom is 0.485 e. The molecule has 0 saturated carbocycles. The summed E-state index contributed by atoms with van der Waals surface area (Å²) in [6.07, 6.45) is 0.127. The van der Waals surface area contributed by atoms with E-state index in [0.717, 1.165) is 0 Å². The van der Waals surface area contributed by atoms with Gasteiger partial charge in [0.25, 0.3) is 0 Å². The van der Waals surface area contributed by atoms with E-state index in [1.54, 1.807) is 25.1 Å². The molecule has 100 valence electrons. The lowest BCUT2D eigenvalue weighted by Crippen LogP contribution is -2.62. The summed E-state index contributed by atoms with van der Waals surface area (Å²) < 4.78 is 0.439. The lowest BCUT2D eigenvalue weighted by Gasteiger charge is -2.08. The average Bonchev–Trinajstić information content (AvgIpc) is 2.40. The van der Waals surface area contributed by atoms with Gasteiger partial charge in [0.05, 0.1) is 4.47 Å². The van der Waals surface area contributed by atoms with Gasteiger partial charge in [-0.3, -0.25) is 4.84 Å². The molecule has 0 atom stereocenters. The third-order valence-corrected chi connectivity index (χ3v) is 2.91. The van der Waals surface area contributed by atoms with Crippen molar-refractivity contribution in [1.82, 2.24) is 4.98 Å². The molecule has 1 aromatic carbocycles. The molecule has 0 radical (unpaired) electrons. The first-order valence-corrected chi connectivity index (χ1v) is 6.11. The number of carbonyl (C=O) groups excluding carboxylic acids is 1. The van der Waals surface area contributed by atoms with Gasteiger partial charge < -0.3 is 10.4 Å². The summed E-state index contributed by atoms with van der Waals surface area (Å²) in [6, 6.07) is 4.83. The Morgan fingerprint density at radius 3 is 2.89 bits per heavy atom. The van der Waals surface area contributed by atoms with Crippen LogP contribution in [0.25, 0.3) is 11.0 Å². The molecule has 0 unspecified atom stereocenters. The Morgan fingerprint density at radius 1 is 1.47 bits per heavy atom. The molecule has 8 nitrogen and oxygen atoms in total. The van der Waals surface area contributed by atoms with Gasteiger partial charge in [0.15, 0.2) is 0 Å². The third-order valence-electron chi connectivity index (χ3n) is 2.27. The summed E-state index contributed by atoms with van der Waals surface area (Å²) in [5, 5.41) is 23.5. The van der Waals surface area contributed by atoms with E-state index < -0.39 is 11.9 Å². The second-order valence-electron chi connectivity index (χ2n) is 3.52. The van der Waals surface area contributed by atoms with Crippen molar-refractivity contribution in [2.45, 2.75) is 13.3 Å². The van der Waals surface area contributed by atoms with Gasteiger partial charge in [-0.15, -0.1) is 0 Å². The molecule has 0 spiro atoms. The van der Waals surface area contributed by atoms with Crippen LogP contribution in [-0.4, -0.2) is 11.0 Å². The van der Waals surface area contributed by atoms with Crippen LogP contribution in [-0.2, 0) is 9.63 Å². The van der Waals surface area contributed by atoms with Crippen LogP contribution < -0.4 is 15.2 Å². The molecule has 0 aliphatic carbocycles. The number of fused-ring (bicyclic) bond motifs is 1. The molecule has 0 saturated heterocycles. The molecule has 1 aromatic heterocycles. The first kappa shape index (κ1) is 13.3. The van der Waals surface area contributed by atoms with Crippen molar-refractivity contribution in [3.8, 4) is 0 Å². The molecular formula is C10H9BrN4O4. The minimum Gasteiger partial charge on any atom is -0.688 e. The average molecular weight is 329 g/mol. The molecule has 2 aromatic rings. The first-order valence-electron chi connectivity index (χ1n) is 5.32. The molecule has 1 N–H and O–H groups in total. The summed E-state index contributed by atoms with van der Waals surface area (Å²) in [5.41, 5.74) is 2.44. The molecule has 0 fully saturated rings. The molecule has 0 bridgehead atoms. The number of benzene rings is 1. The van der Waals surface area contributed by atoms with Gasteiger partial charge in [-0.05, 0) is 32.9 Å².